The second-order valence-corrected chi connectivity index (χ2v) is 4.19. The Kier molecular flexibility index (Phi) is 3.75. The van der Waals surface area contributed by atoms with Crippen molar-refractivity contribution in [3.05, 3.63) is 0 Å². The molecular formula is C10H20N2O2. The van der Waals surface area contributed by atoms with Gasteiger partial charge >= 0.3 is 6.09 Å². The van der Waals surface area contributed by atoms with Crippen molar-refractivity contribution < 1.29 is 9.53 Å². The second-order valence-electron chi connectivity index (χ2n) is 4.19. The average molecular weight is 200 g/mol. The molecule has 2 N–H and O–H groups in total. The first-order valence-corrected chi connectivity index (χ1v) is 5.23. The van der Waals surface area contributed by atoms with E-state index in [1.807, 2.05) is 13.8 Å². The molecule has 0 aliphatic carbocycles. The molecule has 0 aromatic heterocycles. The molecule has 2 atom stereocenters. The molecule has 0 spiro atoms. The standard InChI is InChI=1S/C10H20N2O2/c1-7(2)14-10(13)12-5-4-8(3)9(12)6-11/h7-9H,4-6,11H2,1-3H3. The van der Waals surface area contributed by atoms with E-state index in [0.717, 1.165) is 13.0 Å². The van der Waals surface area contributed by atoms with Gasteiger partial charge in [-0.2, -0.15) is 0 Å². The van der Waals surface area contributed by atoms with E-state index in [9.17, 15) is 4.79 Å². The summed E-state index contributed by atoms with van der Waals surface area (Å²) in [7, 11) is 0. The highest BCUT2D eigenvalue weighted by molar-refractivity contribution is 5.68. The van der Waals surface area contributed by atoms with Crippen molar-refractivity contribution >= 4 is 6.09 Å². The summed E-state index contributed by atoms with van der Waals surface area (Å²) in [5.74, 6) is 0.486. The number of nitrogens with zero attached hydrogens (tertiary/aromatic N) is 1. The molecule has 82 valence electrons. The summed E-state index contributed by atoms with van der Waals surface area (Å²) in [5.41, 5.74) is 5.63. The zero-order valence-electron chi connectivity index (χ0n) is 9.19. The molecule has 0 aromatic rings. The van der Waals surface area contributed by atoms with E-state index in [1.165, 1.54) is 0 Å². The Morgan fingerprint density at radius 3 is 2.79 bits per heavy atom. The molecule has 4 nitrogen and oxygen atoms in total. The van der Waals surface area contributed by atoms with Gasteiger partial charge in [-0.1, -0.05) is 6.92 Å². The summed E-state index contributed by atoms with van der Waals surface area (Å²) in [6.07, 6.45) is 0.742. The van der Waals surface area contributed by atoms with Gasteiger partial charge in [0.2, 0.25) is 0 Å². The molecule has 1 aliphatic rings. The quantitative estimate of drug-likeness (QED) is 0.728. The van der Waals surface area contributed by atoms with Crippen LogP contribution in [0.4, 0.5) is 4.79 Å². The van der Waals surface area contributed by atoms with Crippen molar-refractivity contribution in [1.82, 2.24) is 4.90 Å². The number of hydrogen-bond acceptors (Lipinski definition) is 3. The number of nitrogens with two attached hydrogens (primary N) is 1. The molecular weight excluding hydrogens is 180 g/mol. The number of amides is 1. The van der Waals surface area contributed by atoms with Gasteiger partial charge in [-0.15, -0.1) is 0 Å². The topological polar surface area (TPSA) is 55.6 Å². The third-order valence-electron chi connectivity index (χ3n) is 2.70. The predicted octanol–water partition coefficient (Wildman–Crippen LogP) is 1.20. The molecule has 14 heavy (non-hydrogen) atoms. The molecule has 1 fully saturated rings. The molecule has 1 saturated heterocycles. The zero-order valence-corrected chi connectivity index (χ0v) is 9.19. The monoisotopic (exact) mass is 200 g/mol. The maximum absolute atomic E-state index is 11.6. The van der Waals surface area contributed by atoms with Gasteiger partial charge in [0.15, 0.2) is 0 Å². The van der Waals surface area contributed by atoms with Crippen LogP contribution < -0.4 is 5.73 Å². The molecule has 1 aliphatic heterocycles. The van der Waals surface area contributed by atoms with Crippen LogP contribution in [0, 0.1) is 5.92 Å². The molecule has 2 unspecified atom stereocenters. The van der Waals surface area contributed by atoms with E-state index in [-0.39, 0.29) is 18.2 Å². The van der Waals surface area contributed by atoms with Crippen LogP contribution in [0.3, 0.4) is 0 Å². The Labute approximate surface area is 85.4 Å². The lowest BCUT2D eigenvalue weighted by Gasteiger charge is -2.25. The van der Waals surface area contributed by atoms with E-state index < -0.39 is 0 Å². The minimum absolute atomic E-state index is 0.0585. The molecule has 4 heteroatoms. The van der Waals surface area contributed by atoms with Crippen LogP contribution in [0.1, 0.15) is 27.2 Å². The maximum Gasteiger partial charge on any atom is 0.410 e. The Balaban J connectivity index is 2.55. The van der Waals surface area contributed by atoms with Crippen LogP contribution in [0.5, 0.6) is 0 Å². The number of hydrogen-bond donors (Lipinski definition) is 1. The van der Waals surface area contributed by atoms with E-state index in [0.29, 0.717) is 12.5 Å². The fourth-order valence-corrected chi connectivity index (χ4v) is 1.86. The molecule has 0 aromatic carbocycles. The number of ether oxygens (including phenoxy) is 1. The Morgan fingerprint density at radius 2 is 2.29 bits per heavy atom. The Bertz CT molecular complexity index is 206. The molecule has 1 rings (SSSR count). The van der Waals surface area contributed by atoms with Crippen molar-refractivity contribution in [2.75, 3.05) is 13.1 Å². The van der Waals surface area contributed by atoms with Crippen LogP contribution in [-0.2, 0) is 4.74 Å². The van der Waals surface area contributed by atoms with Gasteiger partial charge < -0.3 is 15.4 Å². The summed E-state index contributed by atoms with van der Waals surface area (Å²) in [4.78, 5) is 13.4. The third-order valence-corrected chi connectivity index (χ3v) is 2.70. The Morgan fingerprint density at radius 1 is 1.64 bits per heavy atom. The SMILES string of the molecule is CC(C)OC(=O)N1CCC(C)C1CN. The maximum atomic E-state index is 11.6. The fraction of sp³-hybridized carbons (Fsp3) is 0.900. The highest BCUT2D eigenvalue weighted by Crippen LogP contribution is 2.23. The average Bonchev–Trinajstić information content (AvgIpc) is 2.45. The van der Waals surface area contributed by atoms with Gasteiger partial charge in [0.05, 0.1) is 6.10 Å². The minimum atomic E-state index is -0.222. The van der Waals surface area contributed by atoms with Crippen LogP contribution in [0.25, 0.3) is 0 Å². The normalized spacial score (nSPS) is 27.1. The summed E-state index contributed by atoms with van der Waals surface area (Å²) in [6, 6.07) is 0.154. The summed E-state index contributed by atoms with van der Waals surface area (Å²) in [6.45, 7) is 7.13. The van der Waals surface area contributed by atoms with Crippen LogP contribution >= 0.6 is 0 Å². The first-order chi connectivity index (χ1) is 6.56. The van der Waals surface area contributed by atoms with E-state index in [1.54, 1.807) is 4.90 Å². The molecule has 0 radical (unpaired) electrons. The zero-order chi connectivity index (χ0) is 10.7. The van der Waals surface area contributed by atoms with Gasteiger partial charge in [0, 0.05) is 19.1 Å². The lowest BCUT2D eigenvalue weighted by Crippen LogP contribution is -2.43. The smallest absolute Gasteiger partial charge is 0.410 e. The van der Waals surface area contributed by atoms with E-state index in [4.69, 9.17) is 10.5 Å². The predicted molar refractivity (Wildman–Crippen MR) is 54.9 cm³/mol. The van der Waals surface area contributed by atoms with Crippen molar-refractivity contribution in [3.63, 3.8) is 0 Å². The van der Waals surface area contributed by atoms with E-state index >= 15 is 0 Å². The second kappa shape index (κ2) is 4.64. The first kappa shape index (κ1) is 11.3. The number of rotatable bonds is 2. The summed E-state index contributed by atoms with van der Waals surface area (Å²) in [5, 5.41) is 0. The van der Waals surface area contributed by atoms with Crippen LogP contribution in [0.15, 0.2) is 0 Å². The van der Waals surface area contributed by atoms with Gasteiger partial charge in [-0.05, 0) is 26.2 Å². The van der Waals surface area contributed by atoms with Gasteiger partial charge in [-0.25, -0.2) is 4.79 Å². The van der Waals surface area contributed by atoms with Gasteiger partial charge in [-0.3, -0.25) is 0 Å². The largest absolute Gasteiger partial charge is 0.447 e. The van der Waals surface area contributed by atoms with E-state index in [2.05, 4.69) is 6.92 Å². The molecule has 0 saturated carbocycles. The lowest BCUT2D eigenvalue weighted by molar-refractivity contribution is 0.0717. The highest BCUT2D eigenvalue weighted by atomic mass is 16.6. The molecule has 0 bridgehead atoms. The summed E-state index contributed by atoms with van der Waals surface area (Å²) >= 11 is 0. The number of carbonyl (C=O) groups is 1. The Hall–Kier alpha value is -0.770. The van der Waals surface area contributed by atoms with Crippen LogP contribution in [-0.4, -0.2) is 36.2 Å². The third kappa shape index (κ3) is 2.38. The first-order valence-electron chi connectivity index (χ1n) is 5.23. The molecule has 1 amide bonds. The number of carbonyl (C=O) groups excluding carboxylic acids is 1. The van der Waals surface area contributed by atoms with Crippen molar-refractivity contribution in [2.45, 2.75) is 39.3 Å². The lowest BCUT2D eigenvalue weighted by atomic mass is 10.0. The van der Waals surface area contributed by atoms with Crippen molar-refractivity contribution in [1.29, 1.82) is 0 Å². The minimum Gasteiger partial charge on any atom is -0.447 e. The summed E-state index contributed by atoms with van der Waals surface area (Å²) < 4.78 is 5.15. The van der Waals surface area contributed by atoms with Gasteiger partial charge in [0.25, 0.3) is 0 Å². The highest BCUT2D eigenvalue weighted by Gasteiger charge is 2.34. The molecule has 1 heterocycles. The number of likely N-dealkylation sites (tertiary alicyclic amines) is 1. The van der Waals surface area contributed by atoms with Crippen molar-refractivity contribution in [2.24, 2.45) is 11.7 Å². The fourth-order valence-electron chi connectivity index (χ4n) is 1.86. The van der Waals surface area contributed by atoms with Crippen molar-refractivity contribution in [3.8, 4) is 0 Å². The van der Waals surface area contributed by atoms with Gasteiger partial charge in [0.1, 0.15) is 0 Å². The van der Waals surface area contributed by atoms with Crippen LogP contribution in [0.2, 0.25) is 0 Å².